The summed E-state index contributed by atoms with van der Waals surface area (Å²) in [4.78, 5) is 12.0. The van der Waals surface area contributed by atoms with E-state index in [1.165, 1.54) is 5.56 Å². The fourth-order valence-electron chi connectivity index (χ4n) is 1.98. The van der Waals surface area contributed by atoms with Crippen molar-refractivity contribution in [2.75, 3.05) is 0 Å². The normalized spacial score (nSPS) is 18.4. The van der Waals surface area contributed by atoms with E-state index >= 15 is 0 Å². The molecule has 0 spiro atoms. The Morgan fingerprint density at radius 1 is 1.12 bits per heavy atom. The fourth-order valence-corrected chi connectivity index (χ4v) is 1.98. The predicted molar refractivity (Wildman–Crippen MR) is 70.7 cm³/mol. The van der Waals surface area contributed by atoms with E-state index in [1.54, 1.807) is 0 Å². The van der Waals surface area contributed by atoms with Gasteiger partial charge >= 0.3 is 0 Å². The Morgan fingerprint density at radius 3 is 2.65 bits per heavy atom. The first-order chi connectivity index (χ1) is 8.34. The molecule has 0 fully saturated rings. The van der Waals surface area contributed by atoms with Gasteiger partial charge in [0, 0.05) is 18.0 Å². The highest BCUT2D eigenvalue weighted by atomic mass is 15.0. The number of amidine groups is 1. The van der Waals surface area contributed by atoms with Crippen LogP contribution in [-0.4, -0.2) is 23.1 Å². The van der Waals surface area contributed by atoms with Crippen LogP contribution in [0.4, 0.5) is 0 Å². The molecular formula is C14H13N3. The van der Waals surface area contributed by atoms with E-state index in [1.807, 2.05) is 37.5 Å². The van der Waals surface area contributed by atoms with Gasteiger partial charge in [0.1, 0.15) is 0 Å². The summed E-state index contributed by atoms with van der Waals surface area (Å²) < 4.78 is 0. The number of H-pyrrole nitrogens is 1. The molecule has 0 radical (unpaired) electrons. The van der Waals surface area contributed by atoms with E-state index in [0.717, 1.165) is 17.1 Å². The van der Waals surface area contributed by atoms with Crippen LogP contribution in [0.5, 0.6) is 0 Å². The molecule has 2 aromatic rings. The van der Waals surface area contributed by atoms with Crippen LogP contribution < -0.4 is 0 Å². The largest absolute Gasteiger partial charge is 0.358 e. The second-order valence-electron chi connectivity index (χ2n) is 4.10. The maximum absolute atomic E-state index is 4.48. The molecule has 3 rings (SSSR count). The van der Waals surface area contributed by atoms with Crippen LogP contribution in [0.25, 0.3) is 11.1 Å². The number of nitrogens with one attached hydrogen (secondary N) is 1. The average molecular weight is 223 g/mol. The Morgan fingerprint density at radius 2 is 1.94 bits per heavy atom. The molecule has 0 saturated heterocycles. The van der Waals surface area contributed by atoms with E-state index in [4.69, 9.17) is 0 Å². The molecule has 3 nitrogen and oxygen atoms in total. The highest BCUT2D eigenvalue weighted by molar-refractivity contribution is 6.09. The maximum atomic E-state index is 4.48. The van der Waals surface area contributed by atoms with Crippen LogP contribution >= 0.6 is 0 Å². The maximum Gasteiger partial charge on any atom is 0.172 e. The van der Waals surface area contributed by atoms with E-state index in [2.05, 4.69) is 33.2 Å². The minimum atomic E-state index is 0.178. The van der Waals surface area contributed by atoms with Gasteiger partial charge in [-0.3, -0.25) is 4.99 Å². The van der Waals surface area contributed by atoms with Crippen LogP contribution in [-0.2, 0) is 0 Å². The molecule has 1 aliphatic heterocycles. The van der Waals surface area contributed by atoms with Crippen molar-refractivity contribution in [3.8, 4) is 11.1 Å². The lowest BCUT2D eigenvalue weighted by Crippen LogP contribution is -1.98. The number of aromatic amines is 1. The minimum Gasteiger partial charge on any atom is -0.358 e. The second-order valence-corrected chi connectivity index (χ2v) is 4.10. The molecule has 1 aliphatic rings. The molecule has 17 heavy (non-hydrogen) atoms. The second kappa shape index (κ2) is 4.01. The summed E-state index contributed by atoms with van der Waals surface area (Å²) in [6.45, 7) is 2.03. The molecule has 1 atom stereocenters. The molecule has 1 aromatic carbocycles. The van der Waals surface area contributed by atoms with Crippen LogP contribution in [0.2, 0.25) is 0 Å². The van der Waals surface area contributed by atoms with Gasteiger partial charge in [-0.05, 0) is 18.6 Å². The number of aromatic nitrogens is 1. The fraction of sp³-hybridized carbons (Fsp3) is 0.143. The number of hydrogen-bond acceptors (Lipinski definition) is 2. The van der Waals surface area contributed by atoms with Gasteiger partial charge in [0.05, 0.1) is 11.7 Å². The zero-order chi connectivity index (χ0) is 11.7. The van der Waals surface area contributed by atoms with Crippen LogP contribution in [0.15, 0.2) is 52.6 Å². The van der Waals surface area contributed by atoms with Gasteiger partial charge < -0.3 is 4.98 Å². The third-order valence-electron chi connectivity index (χ3n) is 2.79. The van der Waals surface area contributed by atoms with Crippen molar-refractivity contribution < 1.29 is 0 Å². The lowest BCUT2D eigenvalue weighted by molar-refractivity contribution is 1.02. The van der Waals surface area contributed by atoms with Gasteiger partial charge in [0.2, 0.25) is 0 Å². The summed E-state index contributed by atoms with van der Waals surface area (Å²) >= 11 is 0. The SMILES string of the molecule is CC1C=NC(c2[nH]ccc2-c2ccccc2)=N1. The van der Waals surface area contributed by atoms with Gasteiger partial charge in [0.15, 0.2) is 5.84 Å². The Kier molecular flexibility index (Phi) is 2.37. The molecule has 0 aliphatic carbocycles. The van der Waals surface area contributed by atoms with Gasteiger partial charge in [-0.1, -0.05) is 30.3 Å². The summed E-state index contributed by atoms with van der Waals surface area (Å²) in [5.41, 5.74) is 3.33. The van der Waals surface area contributed by atoms with Crippen molar-refractivity contribution in [1.29, 1.82) is 0 Å². The Labute approximate surface area is 99.9 Å². The zero-order valence-corrected chi connectivity index (χ0v) is 9.59. The quantitative estimate of drug-likeness (QED) is 0.813. The van der Waals surface area contributed by atoms with Gasteiger partial charge in [-0.2, -0.15) is 0 Å². The lowest BCUT2D eigenvalue weighted by Gasteiger charge is -2.02. The highest BCUT2D eigenvalue weighted by Gasteiger charge is 2.15. The van der Waals surface area contributed by atoms with Crippen molar-refractivity contribution in [3.63, 3.8) is 0 Å². The Bertz CT molecular complexity index is 579. The topological polar surface area (TPSA) is 40.5 Å². The third kappa shape index (κ3) is 1.80. The molecule has 1 unspecified atom stereocenters. The van der Waals surface area contributed by atoms with Crippen LogP contribution in [0, 0.1) is 0 Å². The molecule has 1 N–H and O–H groups in total. The molecule has 0 bridgehead atoms. The molecular weight excluding hydrogens is 210 g/mol. The molecule has 0 amide bonds. The first-order valence-electron chi connectivity index (χ1n) is 5.70. The zero-order valence-electron chi connectivity index (χ0n) is 9.59. The number of rotatable bonds is 2. The number of aliphatic imine (C=N–C) groups is 2. The molecule has 0 saturated carbocycles. The van der Waals surface area contributed by atoms with E-state index in [9.17, 15) is 0 Å². The van der Waals surface area contributed by atoms with Gasteiger partial charge in [-0.15, -0.1) is 0 Å². The molecule has 1 aromatic heterocycles. The summed E-state index contributed by atoms with van der Waals surface area (Å²) in [6.07, 6.45) is 3.80. The van der Waals surface area contributed by atoms with Crippen LogP contribution in [0.3, 0.4) is 0 Å². The van der Waals surface area contributed by atoms with Gasteiger partial charge in [-0.25, -0.2) is 4.99 Å². The number of hydrogen-bond donors (Lipinski definition) is 1. The molecule has 2 heterocycles. The van der Waals surface area contributed by atoms with Crippen molar-refractivity contribution in [1.82, 2.24) is 4.98 Å². The van der Waals surface area contributed by atoms with Crippen LogP contribution in [0.1, 0.15) is 12.6 Å². The summed E-state index contributed by atoms with van der Waals surface area (Å²) in [5.74, 6) is 0.793. The lowest BCUT2D eigenvalue weighted by atomic mass is 10.1. The smallest absolute Gasteiger partial charge is 0.172 e. The van der Waals surface area contributed by atoms with Crippen molar-refractivity contribution >= 4 is 12.1 Å². The summed E-state index contributed by atoms with van der Waals surface area (Å²) in [7, 11) is 0. The number of benzene rings is 1. The standard InChI is InChI=1S/C14H13N3/c1-10-9-16-14(17-10)13-12(7-8-15-13)11-5-3-2-4-6-11/h2-10,15H,1H3. The highest BCUT2D eigenvalue weighted by Crippen LogP contribution is 2.24. The molecule has 84 valence electrons. The van der Waals surface area contributed by atoms with E-state index in [-0.39, 0.29) is 6.04 Å². The first-order valence-corrected chi connectivity index (χ1v) is 5.70. The van der Waals surface area contributed by atoms with Crippen molar-refractivity contribution in [3.05, 3.63) is 48.3 Å². The Hall–Kier alpha value is -2.16. The van der Waals surface area contributed by atoms with Gasteiger partial charge in [0.25, 0.3) is 0 Å². The summed E-state index contributed by atoms with van der Waals surface area (Å²) in [6, 6.07) is 12.5. The summed E-state index contributed by atoms with van der Waals surface area (Å²) in [5, 5.41) is 0. The van der Waals surface area contributed by atoms with E-state index in [0.29, 0.717) is 0 Å². The average Bonchev–Trinajstić information content (AvgIpc) is 2.98. The van der Waals surface area contributed by atoms with Crippen molar-refractivity contribution in [2.45, 2.75) is 13.0 Å². The van der Waals surface area contributed by atoms with Crippen molar-refractivity contribution in [2.24, 2.45) is 9.98 Å². The molecule has 3 heteroatoms. The third-order valence-corrected chi connectivity index (χ3v) is 2.79. The first kappa shape index (κ1) is 10.0. The Balaban J connectivity index is 2.07. The predicted octanol–water partition coefficient (Wildman–Crippen LogP) is 2.90. The monoisotopic (exact) mass is 223 g/mol. The minimum absolute atomic E-state index is 0.178. The number of nitrogens with zero attached hydrogens (tertiary/aromatic N) is 2. The van der Waals surface area contributed by atoms with E-state index < -0.39 is 0 Å².